The monoisotopic (exact) mass is 256 g/mol. The van der Waals surface area contributed by atoms with Gasteiger partial charge in [-0.05, 0) is 13.3 Å². The van der Waals surface area contributed by atoms with E-state index in [1.807, 2.05) is 6.92 Å². The van der Waals surface area contributed by atoms with Crippen molar-refractivity contribution >= 4 is 17.8 Å². The summed E-state index contributed by atoms with van der Waals surface area (Å²) in [5.74, 6) is -0.493. The molecule has 1 aliphatic heterocycles. The summed E-state index contributed by atoms with van der Waals surface area (Å²) in [5.41, 5.74) is 4.41. The van der Waals surface area contributed by atoms with Crippen LogP contribution in [0.4, 0.5) is 4.79 Å². The van der Waals surface area contributed by atoms with Crippen LogP contribution in [-0.2, 0) is 9.59 Å². The third-order valence-corrected chi connectivity index (χ3v) is 3.08. The van der Waals surface area contributed by atoms with Gasteiger partial charge in [-0.25, -0.2) is 4.79 Å². The molecule has 1 aliphatic rings. The highest BCUT2D eigenvalue weighted by atomic mass is 16.2. The van der Waals surface area contributed by atoms with Gasteiger partial charge in [-0.1, -0.05) is 6.92 Å². The van der Waals surface area contributed by atoms with E-state index in [1.54, 1.807) is 6.92 Å². The summed E-state index contributed by atoms with van der Waals surface area (Å²) < 4.78 is 0. The Hall–Kier alpha value is -1.63. The zero-order valence-corrected chi connectivity index (χ0v) is 10.8. The van der Waals surface area contributed by atoms with Gasteiger partial charge in [-0.3, -0.25) is 14.5 Å². The first-order valence-corrected chi connectivity index (χ1v) is 6.05. The molecule has 1 saturated heterocycles. The van der Waals surface area contributed by atoms with Crippen molar-refractivity contribution in [2.75, 3.05) is 19.6 Å². The Morgan fingerprint density at radius 1 is 1.50 bits per heavy atom. The Labute approximate surface area is 106 Å². The van der Waals surface area contributed by atoms with Crippen LogP contribution in [-0.4, -0.2) is 47.9 Å². The molecule has 1 unspecified atom stereocenters. The molecule has 0 bridgehead atoms. The first kappa shape index (κ1) is 14.4. The number of nitrogens with two attached hydrogens (primary N) is 1. The first-order chi connectivity index (χ1) is 8.44. The smallest absolute Gasteiger partial charge is 0.325 e. The maximum atomic E-state index is 12.0. The predicted octanol–water partition coefficient (Wildman–Crippen LogP) is -0.828. The van der Waals surface area contributed by atoms with E-state index in [0.717, 1.165) is 4.90 Å². The SMILES string of the molecule is CCC1(C)NC(=O)N(CCC(=O)NCCN)C1=O. The summed E-state index contributed by atoms with van der Waals surface area (Å²) in [6.07, 6.45) is 0.617. The van der Waals surface area contributed by atoms with Gasteiger partial charge in [0.15, 0.2) is 0 Å². The van der Waals surface area contributed by atoms with Gasteiger partial charge in [0.25, 0.3) is 5.91 Å². The normalized spacial score (nSPS) is 23.2. The molecule has 4 amide bonds. The number of nitrogens with zero attached hydrogens (tertiary/aromatic N) is 1. The third-order valence-electron chi connectivity index (χ3n) is 3.08. The van der Waals surface area contributed by atoms with Crippen molar-refractivity contribution in [3.63, 3.8) is 0 Å². The highest BCUT2D eigenvalue weighted by Crippen LogP contribution is 2.20. The quantitative estimate of drug-likeness (QED) is 0.539. The van der Waals surface area contributed by atoms with Gasteiger partial charge in [-0.2, -0.15) is 0 Å². The minimum Gasteiger partial charge on any atom is -0.355 e. The summed E-state index contributed by atoms with van der Waals surface area (Å²) in [7, 11) is 0. The molecule has 7 nitrogen and oxygen atoms in total. The van der Waals surface area contributed by atoms with Crippen molar-refractivity contribution in [2.45, 2.75) is 32.2 Å². The van der Waals surface area contributed by atoms with Gasteiger partial charge >= 0.3 is 6.03 Å². The topological polar surface area (TPSA) is 105 Å². The molecule has 0 saturated carbocycles. The third kappa shape index (κ3) is 2.98. The van der Waals surface area contributed by atoms with Crippen LogP contribution >= 0.6 is 0 Å². The average molecular weight is 256 g/mol. The van der Waals surface area contributed by atoms with Gasteiger partial charge in [0.2, 0.25) is 5.91 Å². The minimum absolute atomic E-state index is 0.0939. The fraction of sp³-hybridized carbons (Fsp3) is 0.727. The molecule has 1 heterocycles. The summed E-state index contributed by atoms with van der Waals surface area (Å²) in [4.78, 5) is 36.1. The first-order valence-electron chi connectivity index (χ1n) is 6.05. The number of amides is 4. The number of carbonyl (C=O) groups excluding carboxylic acids is 3. The number of rotatable bonds is 6. The fourth-order valence-corrected chi connectivity index (χ4v) is 1.70. The van der Waals surface area contributed by atoms with Crippen LogP contribution in [0.5, 0.6) is 0 Å². The van der Waals surface area contributed by atoms with Crippen molar-refractivity contribution in [2.24, 2.45) is 5.73 Å². The second-order valence-corrected chi connectivity index (χ2v) is 4.46. The zero-order chi connectivity index (χ0) is 13.8. The van der Waals surface area contributed by atoms with Gasteiger partial charge in [0, 0.05) is 26.1 Å². The van der Waals surface area contributed by atoms with Gasteiger partial charge < -0.3 is 16.4 Å². The maximum absolute atomic E-state index is 12.0. The van der Waals surface area contributed by atoms with E-state index < -0.39 is 11.6 Å². The lowest BCUT2D eigenvalue weighted by Crippen LogP contribution is -2.43. The maximum Gasteiger partial charge on any atom is 0.325 e. The predicted molar refractivity (Wildman–Crippen MR) is 65.6 cm³/mol. The fourth-order valence-electron chi connectivity index (χ4n) is 1.70. The minimum atomic E-state index is -0.842. The van der Waals surface area contributed by atoms with Crippen LogP contribution in [0.3, 0.4) is 0 Å². The summed E-state index contributed by atoms with van der Waals surface area (Å²) >= 11 is 0. The zero-order valence-electron chi connectivity index (χ0n) is 10.8. The molecule has 0 aliphatic carbocycles. The van der Waals surface area contributed by atoms with Crippen LogP contribution in [0.25, 0.3) is 0 Å². The largest absolute Gasteiger partial charge is 0.355 e. The highest BCUT2D eigenvalue weighted by molar-refractivity contribution is 6.06. The van der Waals surface area contributed by atoms with E-state index in [9.17, 15) is 14.4 Å². The highest BCUT2D eigenvalue weighted by Gasteiger charge is 2.46. The van der Waals surface area contributed by atoms with Crippen LogP contribution in [0.1, 0.15) is 26.7 Å². The lowest BCUT2D eigenvalue weighted by atomic mass is 9.99. The molecule has 0 radical (unpaired) electrons. The summed E-state index contributed by atoms with van der Waals surface area (Å²) in [6.45, 7) is 4.36. The van der Waals surface area contributed by atoms with Crippen molar-refractivity contribution < 1.29 is 14.4 Å². The van der Waals surface area contributed by atoms with Gasteiger partial charge in [0.05, 0.1) is 0 Å². The molecule has 0 spiro atoms. The van der Waals surface area contributed by atoms with Crippen molar-refractivity contribution in [3.8, 4) is 0 Å². The summed E-state index contributed by atoms with van der Waals surface area (Å²) in [6, 6.07) is -0.434. The molecule has 1 rings (SSSR count). The number of nitrogens with one attached hydrogen (secondary N) is 2. The van der Waals surface area contributed by atoms with Crippen LogP contribution in [0.15, 0.2) is 0 Å². The number of hydrogen-bond donors (Lipinski definition) is 3. The van der Waals surface area contributed by atoms with E-state index in [4.69, 9.17) is 5.73 Å². The van der Waals surface area contributed by atoms with E-state index in [2.05, 4.69) is 10.6 Å². The number of urea groups is 1. The van der Waals surface area contributed by atoms with Crippen LogP contribution in [0, 0.1) is 0 Å². The second kappa shape index (κ2) is 5.81. The lowest BCUT2D eigenvalue weighted by Gasteiger charge is -2.19. The Balaban J connectivity index is 2.50. The van der Waals surface area contributed by atoms with Gasteiger partial charge in [-0.15, -0.1) is 0 Å². The number of imide groups is 1. The second-order valence-electron chi connectivity index (χ2n) is 4.46. The van der Waals surface area contributed by atoms with Crippen molar-refractivity contribution in [3.05, 3.63) is 0 Å². The lowest BCUT2D eigenvalue weighted by molar-refractivity contribution is -0.131. The van der Waals surface area contributed by atoms with E-state index in [0.29, 0.717) is 19.5 Å². The molecule has 1 fully saturated rings. The molecule has 18 heavy (non-hydrogen) atoms. The Morgan fingerprint density at radius 3 is 2.67 bits per heavy atom. The average Bonchev–Trinajstić information content (AvgIpc) is 2.56. The number of hydrogen-bond acceptors (Lipinski definition) is 4. The molecule has 0 aromatic rings. The molecule has 1 atom stereocenters. The molecule has 7 heteroatoms. The molecule has 102 valence electrons. The molecular formula is C11H20N4O3. The van der Waals surface area contributed by atoms with E-state index in [1.165, 1.54) is 0 Å². The van der Waals surface area contributed by atoms with Crippen molar-refractivity contribution in [1.29, 1.82) is 0 Å². The van der Waals surface area contributed by atoms with E-state index >= 15 is 0 Å². The van der Waals surface area contributed by atoms with Crippen molar-refractivity contribution in [1.82, 2.24) is 15.5 Å². The number of carbonyl (C=O) groups is 3. The Kier molecular flexibility index (Phi) is 4.66. The molecule has 0 aromatic carbocycles. The summed E-state index contributed by atoms with van der Waals surface area (Å²) in [5, 5.41) is 5.22. The van der Waals surface area contributed by atoms with E-state index in [-0.39, 0.29) is 24.8 Å². The Morgan fingerprint density at radius 2 is 2.17 bits per heavy atom. The standard InChI is InChI=1S/C11H20N4O3/c1-3-11(2)9(17)15(10(18)14-11)7-4-8(16)13-6-5-12/h3-7,12H2,1-2H3,(H,13,16)(H,14,18). The molecular weight excluding hydrogens is 236 g/mol. The molecule has 0 aromatic heterocycles. The Bertz CT molecular complexity index is 358. The van der Waals surface area contributed by atoms with Crippen LogP contribution < -0.4 is 16.4 Å². The molecule has 4 N–H and O–H groups in total. The van der Waals surface area contributed by atoms with Crippen LogP contribution in [0.2, 0.25) is 0 Å². The van der Waals surface area contributed by atoms with Gasteiger partial charge in [0.1, 0.15) is 5.54 Å².